The summed E-state index contributed by atoms with van der Waals surface area (Å²) in [6.07, 6.45) is 1.70. The smallest absolute Gasteiger partial charge is 0.273 e. The van der Waals surface area contributed by atoms with E-state index in [1.165, 1.54) is 6.07 Å². The van der Waals surface area contributed by atoms with Gasteiger partial charge in [0, 0.05) is 17.1 Å². The van der Waals surface area contributed by atoms with E-state index in [0.29, 0.717) is 5.69 Å². The molecule has 1 aromatic carbocycles. The first kappa shape index (κ1) is 10.3. The first-order valence-electron chi connectivity index (χ1n) is 5.24. The lowest BCUT2D eigenvalue weighted by atomic mass is 10.2. The number of rotatable bonds is 2. The summed E-state index contributed by atoms with van der Waals surface area (Å²) in [6, 6.07) is 6.57. The summed E-state index contributed by atoms with van der Waals surface area (Å²) in [5.41, 5.74) is 1.29. The highest BCUT2D eigenvalue weighted by atomic mass is 16.2. The molecule has 0 bridgehead atoms. The van der Waals surface area contributed by atoms with Crippen LogP contribution in [0.3, 0.4) is 0 Å². The topological polar surface area (TPSA) is 106 Å². The second-order valence-electron chi connectivity index (χ2n) is 3.80. The maximum atomic E-state index is 11.8. The highest BCUT2D eigenvalue weighted by Crippen LogP contribution is 2.16. The van der Waals surface area contributed by atoms with E-state index in [9.17, 15) is 9.59 Å². The van der Waals surface area contributed by atoms with Gasteiger partial charge in [-0.25, -0.2) is 0 Å². The highest BCUT2D eigenvalue weighted by Gasteiger charge is 2.08. The van der Waals surface area contributed by atoms with Crippen molar-refractivity contribution in [3.63, 3.8) is 0 Å². The molecular weight excluding hydrogens is 234 g/mol. The summed E-state index contributed by atoms with van der Waals surface area (Å²) in [6.45, 7) is 0. The van der Waals surface area contributed by atoms with E-state index in [2.05, 4.69) is 25.7 Å². The van der Waals surface area contributed by atoms with Crippen LogP contribution < -0.4 is 10.9 Å². The molecule has 2 aromatic heterocycles. The fourth-order valence-corrected chi connectivity index (χ4v) is 1.67. The molecule has 7 heteroatoms. The predicted molar refractivity (Wildman–Crippen MR) is 65.5 cm³/mol. The largest absolute Gasteiger partial charge is 0.321 e. The monoisotopic (exact) mass is 243 g/mol. The van der Waals surface area contributed by atoms with Gasteiger partial charge in [-0.1, -0.05) is 0 Å². The molecule has 0 atom stereocenters. The van der Waals surface area contributed by atoms with E-state index >= 15 is 0 Å². The number of aromatic nitrogens is 4. The second kappa shape index (κ2) is 3.88. The second-order valence-corrected chi connectivity index (χ2v) is 3.80. The first-order chi connectivity index (χ1) is 8.72. The minimum Gasteiger partial charge on any atom is -0.321 e. The van der Waals surface area contributed by atoms with Gasteiger partial charge in [0.25, 0.3) is 11.5 Å². The third-order valence-corrected chi connectivity index (χ3v) is 2.54. The molecule has 3 rings (SSSR count). The number of aromatic amines is 3. The van der Waals surface area contributed by atoms with Gasteiger partial charge >= 0.3 is 0 Å². The van der Waals surface area contributed by atoms with Gasteiger partial charge in [-0.3, -0.25) is 24.9 Å². The number of H-pyrrole nitrogens is 3. The van der Waals surface area contributed by atoms with E-state index in [0.717, 1.165) is 10.9 Å². The van der Waals surface area contributed by atoms with E-state index in [1.54, 1.807) is 18.3 Å². The third kappa shape index (κ3) is 1.77. The Bertz CT molecular complexity index is 767. The summed E-state index contributed by atoms with van der Waals surface area (Å²) in [5, 5.41) is 15.1. The number of carbonyl (C=O) groups excluding carboxylic acids is 1. The van der Waals surface area contributed by atoms with Crippen molar-refractivity contribution in [1.29, 1.82) is 0 Å². The van der Waals surface area contributed by atoms with Gasteiger partial charge in [0.05, 0.1) is 11.7 Å². The SMILES string of the molecule is O=C(Nc1ccc2cn[nH]c2c1)c1cc(=O)[nH][nH]1. The Labute approximate surface area is 100 Å². The zero-order valence-electron chi connectivity index (χ0n) is 9.15. The van der Waals surface area contributed by atoms with E-state index in [1.807, 2.05) is 6.07 Å². The summed E-state index contributed by atoms with van der Waals surface area (Å²) in [5.74, 6) is -0.382. The van der Waals surface area contributed by atoms with Crippen molar-refractivity contribution in [2.75, 3.05) is 5.32 Å². The molecule has 0 aliphatic carbocycles. The minimum absolute atomic E-state index is 0.185. The molecule has 0 radical (unpaired) electrons. The van der Waals surface area contributed by atoms with Gasteiger partial charge in [-0.05, 0) is 18.2 Å². The van der Waals surface area contributed by atoms with Gasteiger partial charge in [0.15, 0.2) is 0 Å². The Morgan fingerprint density at radius 2 is 2.11 bits per heavy atom. The quantitative estimate of drug-likeness (QED) is 0.535. The zero-order valence-corrected chi connectivity index (χ0v) is 9.15. The number of carbonyl (C=O) groups is 1. The third-order valence-electron chi connectivity index (χ3n) is 2.54. The molecule has 0 fully saturated rings. The molecule has 0 spiro atoms. The van der Waals surface area contributed by atoms with Crippen molar-refractivity contribution in [2.45, 2.75) is 0 Å². The van der Waals surface area contributed by atoms with E-state index < -0.39 is 0 Å². The van der Waals surface area contributed by atoms with Crippen molar-refractivity contribution < 1.29 is 4.79 Å². The number of fused-ring (bicyclic) bond motifs is 1. The molecule has 90 valence electrons. The van der Waals surface area contributed by atoms with Crippen LogP contribution in [0.2, 0.25) is 0 Å². The molecule has 18 heavy (non-hydrogen) atoms. The maximum Gasteiger partial charge on any atom is 0.273 e. The lowest BCUT2D eigenvalue weighted by Crippen LogP contribution is -2.12. The van der Waals surface area contributed by atoms with Crippen LogP contribution in [0.25, 0.3) is 10.9 Å². The van der Waals surface area contributed by atoms with Crippen LogP contribution >= 0.6 is 0 Å². The molecule has 0 saturated carbocycles. The van der Waals surface area contributed by atoms with Crippen molar-refractivity contribution in [3.05, 3.63) is 46.5 Å². The predicted octanol–water partition coefficient (Wildman–Crippen LogP) is 0.832. The number of benzene rings is 1. The molecule has 0 unspecified atom stereocenters. The summed E-state index contributed by atoms with van der Waals surface area (Å²) in [7, 11) is 0. The van der Waals surface area contributed by atoms with Crippen LogP contribution in [0, 0.1) is 0 Å². The Kier molecular flexibility index (Phi) is 2.23. The van der Waals surface area contributed by atoms with Crippen LogP contribution in [0.5, 0.6) is 0 Å². The molecule has 2 heterocycles. The van der Waals surface area contributed by atoms with Crippen LogP contribution in [-0.2, 0) is 0 Å². The molecule has 0 saturated heterocycles. The Morgan fingerprint density at radius 3 is 2.89 bits per heavy atom. The summed E-state index contributed by atoms with van der Waals surface area (Å²) < 4.78 is 0. The molecule has 4 N–H and O–H groups in total. The first-order valence-corrected chi connectivity index (χ1v) is 5.24. The number of anilines is 1. The van der Waals surface area contributed by atoms with Crippen LogP contribution in [0.1, 0.15) is 10.5 Å². The van der Waals surface area contributed by atoms with Gasteiger partial charge in [-0.2, -0.15) is 5.10 Å². The van der Waals surface area contributed by atoms with E-state index in [-0.39, 0.29) is 17.2 Å². The molecule has 0 aliphatic heterocycles. The van der Waals surface area contributed by atoms with Gasteiger partial charge < -0.3 is 5.32 Å². The van der Waals surface area contributed by atoms with Crippen LogP contribution in [0.4, 0.5) is 5.69 Å². The Morgan fingerprint density at radius 1 is 1.22 bits per heavy atom. The molecule has 3 aromatic rings. The fraction of sp³-hybridized carbons (Fsp3) is 0. The number of nitrogens with zero attached hydrogens (tertiary/aromatic N) is 1. The molecular formula is C11H9N5O2. The zero-order chi connectivity index (χ0) is 12.5. The number of amides is 1. The molecule has 7 nitrogen and oxygen atoms in total. The Hall–Kier alpha value is -2.83. The number of nitrogens with one attached hydrogen (secondary N) is 4. The standard InChI is InChI=1S/C11H9N5O2/c17-10-4-9(15-16-10)11(18)13-7-2-1-6-5-12-14-8(6)3-7/h1-5H,(H,12,14)(H,13,18)(H2,15,16,17). The van der Waals surface area contributed by atoms with Crippen LogP contribution in [-0.4, -0.2) is 26.3 Å². The minimum atomic E-state index is -0.382. The van der Waals surface area contributed by atoms with Gasteiger partial charge in [0.2, 0.25) is 0 Å². The maximum absolute atomic E-state index is 11.8. The van der Waals surface area contributed by atoms with Crippen molar-refractivity contribution in [3.8, 4) is 0 Å². The average molecular weight is 243 g/mol. The normalized spacial score (nSPS) is 10.7. The number of hydrogen-bond donors (Lipinski definition) is 4. The summed E-state index contributed by atoms with van der Waals surface area (Å²) >= 11 is 0. The van der Waals surface area contributed by atoms with Crippen LogP contribution in [0.15, 0.2) is 35.3 Å². The van der Waals surface area contributed by atoms with Crippen molar-refractivity contribution in [2.24, 2.45) is 0 Å². The van der Waals surface area contributed by atoms with Crippen molar-refractivity contribution >= 4 is 22.5 Å². The Balaban J connectivity index is 1.87. The highest BCUT2D eigenvalue weighted by molar-refractivity contribution is 6.03. The summed E-state index contributed by atoms with van der Waals surface area (Å²) in [4.78, 5) is 22.7. The van der Waals surface area contributed by atoms with Gasteiger partial charge in [0.1, 0.15) is 5.69 Å². The fourth-order valence-electron chi connectivity index (χ4n) is 1.67. The molecule has 1 amide bonds. The van der Waals surface area contributed by atoms with E-state index in [4.69, 9.17) is 0 Å². The number of hydrogen-bond acceptors (Lipinski definition) is 3. The lowest BCUT2D eigenvalue weighted by Gasteiger charge is -2.02. The lowest BCUT2D eigenvalue weighted by molar-refractivity contribution is 0.102. The van der Waals surface area contributed by atoms with Crippen molar-refractivity contribution in [1.82, 2.24) is 20.4 Å². The molecule has 0 aliphatic rings. The van der Waals surface area contributed by atoms with Gasteiger partial charge in [-0.15, -0.1) is 0 Å². The average Bonchev–Trinajstić information content (AvgIpc) is 2.96.